The summed E-state index contributed by atoms with van der Waals surface area (Å²) in [6.45, 7) is 13.5. The van der Waals surface area contributed by atoms with Gasteiger partial charge in [0.05, 0.1) is 6.20 Å². The van der Waals surface area contributed by atoms with Gasteiger partial charge in [-0.15, -0.1) is 0 Å². The molecule has 0 amide bonds. The molecule has 0 radical (unpaired) electrons. The van der Waals surface area contributed by atoms with Gasteiger partial charge < -0.3 is 5.32 Å². The van der Waals surface area contributed by atoms with Crippen molar-refractivity contribution in [1.29, 1.82) is 0 Å². The van der Waals surface area contributed by atoms with Crippen LogP contribution >= 0.6 is 0 Å². The molecule has 1 aliphatic carbocycles. The summed E-state index contributed by atoms with van der Waals surface area (Å²) in [6, 6.07) is 0. The van der Waals surface area contributed by atoms with Crippen LogP contribution in [0.1, 0.15) is 52.5 Å². The minimum atomic E-state index is 0.253. The Bertz CT molecular complexity index is 493. The van der Waals surface area contributed by atoms with Crippen molar-refractivity contribution in [1.82, 2.24) is 20.0 Å². The second kappa shape index (κ2) is 5.40. The van der Waals surface area contributed by atoms with Gasteiger partial charge in [0.1, 0.15) is 0 Å². The number of aromatic nitrogens is 2. The molecule has 0 aromatic carbocycles. The highest BCUT2D eigenvalue weighted by molar-refractivity contribution is 5.11. The van der Waals surface area contributed by atoms with Gasteiger partial charge in [-0.05, 0) is 46.0 Å². The number of piperazine rings is 1. The lowest BCUT2D eigenvalue weighted by Crippen LogP contribution is -2.68. The van der Waals surface area contributed by atoms with Gasteiger partial charge in [-0.3, -0.25) is 9.58 Å². The number of rotatable bonds is 5. The average molecular weight is 290 g/mol. The van der Waals surface area contributed by atoms with Gasteiger partial charge in [-0.2, -0.15) is 5.10 Å². The molecule has 4 heteroatoms. The Hall–Kier alpha value is -0.870. The molecule has 2 atom stereocenters. The number of nitrogens with zero attached hydrogens (tertiary/aromatic N) is 3. The van der Waals surface area contributed by atoms with Crippen LogP contribution in [0, 0.1) is 5.92 Å². The summed E-state index contributed by atoms with van der Waals surface area (Å²) in [5.74, 6) is 0.875. The van der Waals surface area contributed by atoms with Crippen LogP contribution in [-0.2, 0) is 13.1 Å². The van der Waals surface area contributed by atoms with Gasteiger partial charge in [0.25, 0.3) is 0 Å². The summed E-state index contributed by atoms with van der Waals surface area (Å²) in [6.07, 6.45) is 8.22. The predicted octanol–water partition coefficient (Wildman–Crippen LogP) is 2.65. The van der Waals surface area contributed by atoms with Crippen molar-refractivity contribution in [2.75, 3.05) is 13.1 Å². The molecule has 0 bridgehead atoms. The fourth-order valence-electron chi connectivity index (χ4n) is 3.62. The zero-order valence-corrected chi connectivity index (χ0v) is 14.0. The minimum Gasteiger partial charge on any atom is -0.308 e. The van der Waals surface area contributed by atoms with E-state index in [0.717, 1.165) is 32.1 Å². The molecular formula is C17H30N4. The maximum atomic E-state index is 4.43. The quantitative estimate of drug-likeness (QED) is 0.905. The molecule has 1 N–H and O–H groups in total. The van der Waals surface area contributed by atoms with Crippen LogP contribution in [0.25, 0.3) is 0 Å². The first-order chi connectivity index (χ1) is 9.99. The second-order valence-corrected chi connectivity index (χ2v) is 7.46. The Labute approximate surface area is 128 Å². The normalized spacial score (nSPS) is 34.3. The lowest BCUT2D eigenvalue weighted by atomic mass is 9.84. The predicted molar refractivity (Wildman–Crippen MR) is 86.1 cm³/mol. The number of aryl methyl sites for hydroxylation is 1. The summed E-state index contributed by atoms with van der Waals surface area (Å²) in [7, 11) is 0. The van der Waals surface area contributed by atoms with Crippen molar-refractivity contribution in [2.45, 2.75) is 71.1 Å². The second-order valence-electron chi connectivity index (χ2n) is 7.46. The number of hydrogen-bond donors (Lipinski definition) is 1. The molecule has 1 aromatic rings. The van der Waals surface area contributed by atoms with Crippen molar-refractivity contribution in [2.24, 2.45) is 5.92 Å². The fourth-order valence-corrected chi connectivity index (χ4v) is 3.62. The van der Waals surface area contributed by atoms with E-state index in [2.05, 4.69) is 49.2 Å². The first-order valence-electron chi connectivity index (χ1n) is 8.50. The monoisotopic (exact) mass is 290 g/mol. The molecule has 2 fully saturated rings. The Balaban J connectivity index is 1.77. The summed E-state index contributed by atoms with van der Waals surface area (Å²) >= 11 is 0. The van der Waals surface area contributed by atoms with Crippen LogP contribution in [0.2, 0.25) is 0 Å². The molecule has 4 nitrogen and oxygen atoms in total. The topological polar surface area (TPSA) is 33.1 Å². The fraction of sp³-hybridized carbons (Fsp3) is 0.824. The van der Waals surface area contributed by atoms with Crippen molar-refractivity contribution >= 4 is 0 Å². The number of nitrogens with one attached hydrogen (secondary N) is 1. The molecular weight excluding hydrogens is 260 g/mol. The van der Waals surface area contributed by atoms with Gasteiger partial charge in [-0.1, -0.05) is 6.92 Å². The maximum absolute atomic E-state index is 4.43. The van der Waals surface area contributed by atoms with E-state index < -0.39 is 0 Å². The first-order valence-corrected chi connectivity index (χ1v) is 8.50. The van der Waals surface area contributed by atoms with Gasteiger partial charge >= 0.3 is 0 Å². The highest BCUT2D eigenvalue weighted by Crippen LogP contribution is 2.43. The molecule has 0 spiro atoms. The third-order valence-corrected chi connectivity index (χ3v) is 5.78. The molecule has 1 aromatic heterocycles. The lowest BCUT2D eigenvalue weighted by Gasteiger charge is -2.52. The molecule has 21 heavy (non-hydrogen) atoms. The third kappa shape index (κ3) is 2.88. The van der Waals surface area contributed by atoms with Crippen LogP contribution < -0.4 is 5.32 Å². The molecule has 3 rings (SSSR count). The molecule has 2 unspecified atom stereocenters. The van der Waals surface area contributed by atoms with Crippen LogP contribution in [-0.4, -0.2) is 38.8 Å². The molecule has 1 aliphatic heterocycles. The Morgan fingerprint density at radius 3 is 2.67 bits per heavy atom. The van der Waals surface area contributed by atoms with Crippen LogP contribution in [0.15, 0.2) is 12.4 Å². The van der Waals surface area contributed by atoms with E-state index >= 15 is 0 Å². The Morgan fingerprint density at radius 2 is 2.10 bits per heavy atom. The van der Waals surface area contributed by atoms with E-state index in [-0.39, 0.29) is 5.54 Å². The van der Waals surface area contributed by atoms with E-state index in [1.807, 2.05) is 10.9 Å². The third-order valence-electron chi connectivity index (χ3n) is 5.78. The molecule has 2 heterocycles. The minimum absolute atomic E-state index is 0.253. The van der Waals surface area contributed by atoms with Gasteiger partial charge in [0, 0.05) is 49.0 Å². The van der Waals surface area contributed by atoms with Crippen molar-refractivity contribution in [3.63, 3.8) is 0 Å². The zero-order chi connectivity index (χ0) is 15.1. The smallest absolute Gasteiger partial charge is 0.0534 e. The van der Waals surface area contributed by atoms with Gasteiger partial charge in [0.2, 0.25) is 0 Å². The standard InChI is InChI=1S/C17H30N4/c1-5-16(3)12-18-17(4,15-7-8-15)13-20(16)10-14-9-19-21(6-2)11-14/h9,11,15,18H,5-8,10,12-13H2,1-4H3. The van der Waals surface area contributed by atoms with Crippen LogP contribution in [0.5, 0.6) is 0 Å². The van der Waals surface area contributed by atoms with E-state index in [1.54, 1.807) is 0 Å². The highest BCUT2D eigenvalue weighted by Gasteiger charge is 2.48. The zero-order valence-electron chi connectivity index (χ0n) is 14.0. The Kier molecular flexibility index (Phi) is 3.87. The molecule has 2 aliphatic rings. The van der Waals surface area contributed by atoms with E-state index in [0.29, 0.717) is 5.54 Å². The largest absolute Gasteiger partial charge is 0.308 e. The van der Waals surface area contributed by atoms with Crippen molar-refractivity contribution < 1.29 is 0 Å². The average Bonchev–Trinajstić information content (AvgIpc) is 3.25. The van der Waals surface area contributed by atoms with E-state index in [1.165, 1.54) is 24.8 Å². The summed E-state index contributed by atoms with van der Waals surface area (Å²) in [5, 5.41) is 8.30. The van der Waals surface area contributed by atoms with E-state index in [9.17, 15) is 0 Å². The summed E-state index contributed by atoms with van der Waals surface area (Å²) in [5.41, 5.74) is 1.90. The first kappa shape index (κ1) is 15.0. The summed E-state index contributed by atoms with van der Waals surface area (Å²) < 4.78 is 2.03. The van der Waals surface area contributed by atoms with Crippen LogP contribution in [0.4, 0.5) is 0 Å². The van der Waals surface area contributed by atoms with Crippen molar-refractivity contribution in [3.8, 4) is 0 Å². The van der Waals surface area contributed by atoms with Gasteiger partial charge in [0.15, 0.2) is 0 Å². The van der Waals surface area contributed by atoms with Crippen molar-refractivity contribution in [3.05, 3.63) is 18.0 Å². The molecule has 1 saturated carbocycles. The number of hydrogen-bond acceptors (Lipinski definition) is 3. The Morgan fingerprint density at radius 1 is 1.33 bits per heavy atom. The lowest BCUT2D eigenvalue weighted by molar-refractivity contribution is 0.00423. The maximum Gasteiger partial charge on any atom is 0.0534 e. The molecule has 118 valence electrons. The SMILES string of the molecule is CCn1cc(CN2CC(C)(C3CC3)NCC2(C)CC)cn1. The van der Waals surface area contributed by atoms with Gasteiger partial charge in [-0.25, -0.2) is 0 Å². The van der Waals surface area contributed by atoms with Crippen LogP contribution in [0.3, 0.4) is 0 Å². The highest BCUT2D eigenvalue weighted by atomic mass is 15.3. The summed E-state index contributed by atoms with van der Waals surface area (Å²) in [4.78, 5) is 2.69. The van der Waals surface area contributed by atoms with E-state index in [4.69, 9.17) is 0 Å². The molecule has 1 saturated heterocycles.